The summed E-state index contributed by atoms with van der Waals surface area (Å²) in [5.41, 5.74) is 10.1. The topological polar surface area (TPSA) is 72.3 Å². The van der Waals surface area contributed by atoms with E-state index < -0.39 is 17.9 Å². The Bertz CT molecular complexity index is 262. The van der Waals surface area contributed by atoms with Crippen LogP contribution in [0.25, 0.3) is 0 Å². The molecule has 16 heavy (non-hydrogen) atoms. The fourth-order valence-corrected chi connectivity index (χ4v) is 2.24. The number of alkyl halides is 2. The molecule has 1 fully saturated rings. The molecule has 0 aromatic heterocycles. The molecule has 0 radical (unpaired) electrons. The number of primary amides is 1. The summed E-state index contributed by atoms with van der Waals surface area (Å²) in [5, 5.41) is 0. The van der Waals surface area contributed by atoms with Crippen molar-refractivity contribution in [2.75, 3.05) is 13.6 Å². The number of hydrogen-bond donors (Lipinski definition) is 2. The van der Waals surface area contributed by atoms with Gasteiger partial charge in [-0.05, 0) is 32.7 Å². The minimum Gasteiger partial charge on any atom is -0.368 e. The quantitative estimate of drug-likeness (QED) is 0.736. The second-order valence-electron chi connectivity index (χ2n) is 4.60. The molecule has 0 bridgehead atoms. The standard InChI is InChI=1S/C10H19F2N3O/c1-15(6-8(11)12)7-3-2-4-10(14,5-7)9(13)16/h7-8H,2-6,14H2,1H3,(H2,13,16). The first-order chi connectivity index (χ1) is 7.35. The molecule has 2 atom stereocenters. The highest BCUT2D eigenvalue weighted by atomic mass is 19.3. The molecule has 0 saturated heterocycles. The number of nitrogens with two attached hydrogens (primary N) is 2. The molecule has 0 aromatic rings. The van der Waals surface area contributed by atoms with Gasteiger partial charge in [0.25, 0.3) is 6.43 Å². The molecule has 94 valence electrons. The molecular formula is C10H19F2N3O. The molecule has 4 N–H and O–H groups in total. The molecule has 1 aliphatic rings. The van der Waals surface area contributed by atoms with Gasteiger partial charge >= 0.3 is 0 Å². The predicted molar refractivity (Wildman–Crippen MR) is 57.0 cm³/mol. The molecule has 1 amide bonds. The van der Waals surface area contributed by atoms with Gasteiger partial charge in [0.2, 0.25) is 5.91 Å². The highest BCUT2D eigenvalue weighted by Crippen LogP contribution is 2.29. The van der Waals surface area contributed by atoms with E-state index in [2.05, 4.69) is 0 Å². The van der Waals surface area contributed by atoms with E-state index >= 15 is 0 Å². The van der Waals surface area contributed by atoms with Crippen molar-refractivity contribution in [2.24, 2.45) is 11.5 Å². The number of carbonyl (C=O) groups is 1. The van der Waals surface area contributed by atoms with Gasteiger partial charge < -0.3 is 11.5 Å². The maximum absolute atomic E-state index is 12.2. The van der Waals surface area contributed by atoms with Crippen molar-refractivity contribution in [1.29, 1.82) is 0 Å². The van der Waals surface area contributed by atoms with Crippen molar-refractivity contribution >= 4 is 5.91 Å². The third-order valence-corrected chi connectivity index (χ3v) is 3.30. The zero-order valence-corrected chi connectivity index (χ0v) is 9.46. The van der Waals surface area contributed by atoms with Crippen molar-refractivity contribution in [3.63, 3.8) is 0 Å². The van der Waals surface area contributed by atoms with Crippen LogP contribution in [0.4, 0.5) is 8.78 Å². The van der Waals surface area contributed by atoms with Gasteiger partial charge in [-0.1, -0.05) is 0 Å². The maximum atomic E-state index is 12.2. The van der Waals surface area contributed by atoms with E-state index in [1.165, 1.54) is 0 Å². The first-order valence-corrected chi connectivity index (χ1v) is 5.42. The first kappa shape index (κ1) is 13.3. The molecule has 1 saturated carbocycles. The van der Waals surface area contributed by atoms with E-state index in [0.717, 1.165) is 12.8 Å². The second kappa shape index (κ2) is 5.05. The van der Waals surface area contributed by atoms with Gasteiger partial charge in [0.05, 0.1) is 12.1 Å². The number of hydrogen-bond acceptors (Lipinski definition) is 3. The van der Waals surface area contributed by atoms with Gasteiger partial charge in [0.1, 0.15) is 0 Å². The molecule has 2 unspecified atom stereocenters. The Kier molecular flexibility index (Phi) is 4.21. The molecule has 0 aliphatic heterocycles. The Hall–Kier alpha value is -0.750. The summed E-state index contributed by atoms with van der Waals surface area (Å²) in [5.74, 6) is -0.539. The number of amides is 1. The molecule has 4 nitrogen and oxygen atoms in total. The molecule has 1 aliphatic carbocycles. The Labute approximate surface area is 94.0 Å². The Morgan fingerprint density at radius 3 is 2.75 bits per heavy atom. The van der Waals surface area contributed by atoms with Gasteiger partial charge in [-0.2, -0.15) is 0 Å². The summed E-state index contributed by atoms with van der Waals surface area (Å²) < 4.78 is 24.5. The van der Waals surface area contributed by atoms with Crippen molar-refractivity contribution in [2.45, 2.75) is 43.7 Å². The zero-order chi connectivity index (χ0) is 12.3. The molecule has 1 rings (SSSR count). The van der Waals surface area contributed by atoms with E-state index in [9.17, 15) is 13.6 Å². The lowest BCUT2D eigenvalue weighted by Crippen LogP contribution is -2.58. The van der Waals surface area contributed by atoms with Crippen molar-refractivity contribution in [3.05, 3.63) is 0 Å². The van der Waals surface area contributed by atoms with Gasteiger partial charge in [-0.3, -0.25) is 9.69 Å². The van der Waals surface area contributed by atoms with Crippen LogP contribution in [0.2, 0.25) is 0 Å². The lowest BCUT2D eigenvalue weighted by Gasteiger charge is -2.39. The third kappa shape index (κ3) is 3.12. The first-order valence-electron chi connectivity index (χ1n) is 5.42. The van der Waals surface area contributed by atoms with Gasteiger partial charge in [0, 0.05) is 6.04 Å². The Morgan fingerprint density at radius 1 is 1.62 bits per heavy atom. The van der Waals surface area contributed by atoms with Crippen LogP contribution in [-0.4, -0.2) is 42.4 Å². The van der Waals surface area contributed by atoms with E-state index in [0.29, 0.717) is 12.8 Å². The van der Waals surface area contributed by atoms with Crippen LogP contribution in [0.5, 0.6) is 0 Å². The van der Waals surface area contributed by atoms with Crippen LogP contribution >= 0.6 is 0 Å². The van der Waals surface area contributed by atoms with Crippen molar-refractivity contribution < 1.29 is 13.6 Å². The summed E-state index contributed by atoms with van der Waals surface area (Å²) in [6, 6.07) is -0.0831. The minimum atomic E-state index is -2.37. The lowest BCUT2D eigenvalue weighted by atomic mass is 9.79. The van der Waals surface area contributed by atoms with Crippen LogP contribution in [0.3, 0.4) is 0 Å². The summed E-state index contributed by atoms with van der Waals surface area (Å²) in [6.45, 7) is -0.292. The second-order valence-corrected chi connectivity index (χ2v) is 4.60. The van der Waals surface area contributed by atoms with Crippen LogP contribution in [-0.2, 0) is 4.79 Å². The maximum Gasteiger partial charge on any atom is 0.251 e. The fourth-order valence-electron chi connectivity index (χ4n) is 2.24. The van der Waals surface area contributed by atoms with Crippen molar-refractivity contribution in [3.8, 4) is 0 Å². The molecule has 0 heterocycles. The average molecular weight is 235 g/mol. The van der Waals surface area contributed by atoms with E-state index in [-0.39, 0.29) is 12.6 Å². The zero-order valence-electron chi connectivity index (χ0n) is 9.46. The van der Waals surface area contributed by atoms with Crippen LogP contribution in [0.1, 0.15) is 25.7 Å². The predicted octanol–water partition coefficient (Wildman–Crippen LogP) is 0.309. The average Bonchev–Trinajstić information content (AvgIpc) is 2.16. The number of carbonyl (C=O) groups excluding carboxylic acids is 1. The summed E-state index contributed by atoms with van der Waals surface area (Å²) in [6.07, 6.45) is 0.0766. The molecular weight excluding hydrogens is 216 g/mol. The summed E-state index contributed by atoms with van der Waals surface area (Å²) in [7, 11) is 1.63. The molecule has 0 spiro atoms. The largest absolute Gasteiger partial charge is 0.368 e. The van der Waals surface area contributed by atoms with Crippen LogP contribution in [0, 0.1) is 0 Å². The Balaban J connectivity index is 2.59. The fraction of sp³-hybridized carbons (Fsp3) is 0.900. The third-order valence-electron chi connectivity index (χ3n) is 3.30. The minimum absolute atomic E-state index is 0.0831. The molecule has 6 heteroatoms. The van der Waals surface area contributed by atoms with Crippen LogP contribution < -0.4 is 11.5 Å². The smallest absolute Gasteiger partial charge is 0.251 e. The summed E-state index contributed by atoms with van der Waals surface area (Å²) in [4.78, 5) is 12.8. The monoisotopic (exact) mass is 235 g/mol. The SMILES string of the molecule is CN(CC(F)F)C1CCCC(N)(C(N)=O)C1. The molecule has 0 aromatic carbocycles. The highest BCUT2D eigenvalue weighted by molar-refractivity contribution is 5.84. The van der Waals surface area contributed by atoms with Gasteiger partial charge in [0.15, 0.2) is 0 Å². The lowest BCUT2D eigenvalue weighted by molar-refractivity contribution is -0.125. The van der Waals surface area contributed by atoms with Gasteiger partial charge in [-0.15, -0.1) is 0 Å². The summed E-state index contributed by atoms with van der Waals surface area (Å²) >= 11 is 0. The highest BCUT2D eigenvalue weighted by Gasteiger charge is 2.39. The van der Waals surface area contributed by atoms with E-state index in [1.54, 1.807) is 11.9 Å². The van der Waals surface area contributed by atoms with Crippen molar-refractivity contribution in [1.82, 2.24) is 4.90 Å². The van der Waals surface area contributed by atoms with Gasteiger partial charge in [-0.25, -0.2) is 8.78 Å². The number of nitrogens with zero attached hydrogens (tertiary/aromatic N) is 1. The van der Waals surface area contributed by atoms with Crippen LogP contribution in [0.15, 0.2) is 0 Å². The number of rotatable bonds is 4. The number of halogens is 2. The normalized spacial score (nSPS) is 31.0. The Morgan fingerprint density at radius 2 is 2.25 bits per heavy atom. The van der Waals surface area contributed by atoms with E-state index in [4.69, 9.17) is 11.5 Å². The van der Waals surface area contributed by atoms with E-state index in [1.807, 2.05) is 0 Å².